The maximum absolute atomic E-state index is 5.08. The van der Waals surface area contributed by atoms with Gasteiger partial charge in [0.05, 0.1) is 16.9 Å². The maximum atomic E-state index is 5.08. The number of aromatic nitrogens is 3. The van der Waals surface area contributed by atoms with Crippen molar-refractivity contribution >= 4 is 10.9 Å². The van der Waals surface area contributed by atoms with E-state index < -0.39 is 0 Å². The molecule has 6 aromatic carbocycles. The van der Waals surface area contributed by atoms with Gasteiger partial charge < -0.3 is 0 Å². The van der Waals surface area contributed by atoms with E-state index >= 15 is 0 Å². The summed E-state index contributed by atoms with van der Waals surface area (Å²) < 4.78 is 0. The molecular weight excluding hydrogens is 571 g/mol. The van der Waals surface area contributed by atoms with Gasteiger partial charge in [0.1, 0.15) is 0 Å². The topological polar surface area (TPSA) is 38.7 Å². The van der Waals surface area contributed by atoms with Crippen molar-refractivity contribution in [3.05, 3.63) is 175 Å². The van der Waals surface area contributed by atoms with Gasteiger partial charge in [-0.25, -0.2) is 9.97 Å². The Morgan fingerprint density at radius 3 is 1.85 bits per heavy atom. The van der Waals surface area contributed by atoms with Gasteiger partial charge in [0.2, 0.25) is 0 Å². The van der Waals surface area contributed by atoms with Crippen LogP contribution < -0.4 is 0 Å². The van der Waals surface area contributed by atoms with Gasteiger partial charge in [0, 0.05) is 34.7 Å². The van der Waals surface area contributed by atoms with Crippen molar-refractivity contribution in [2.24, 2.45) is 0 Å². The lowest BCUT2D eigenvalue weighted by Gasteiger charge is -2.11. The Morgan fingerprint density at radius 1 is 0.404 bits per heavy atom. The summed E-state index contributed by atoms with van der Waals surface area (Å²) in [4.78, 5) is 14.9. The zero-order chi connectivity index (χ0) is 31.2. The van der Waals surface area contributed by atoms with Crippen LogP contribution in [0.15, 0.2) is 164 Å². The second kappa shape index (κ2) is 11.3. The summed E-state index contributed by atoms with van der Waals surface area (Å²) in [5.41, 5.74) is 16.1. The van der Waals surface area contributed by atoms with E-state index in [0.29, 0.717) is 0 Å². The molecule has 3 heteroatoms. The second-order valence-electron chi connectivity index (χ2n) is 12.0. The van der Waals surface area contributed by atoms with E-state index in [1.54, 1.807) is 0 Å². The van der Waals surface area contributed by atoms with Gasteiger partial charge in [0.15, 0.2) is 5.82 Å². The Morgan fingerprint density at radius 2 is 1.04 bits per heavy atom. The Bertz CT molecular complexity index is 2430. The predicted octanol–water partition coefficient (Wildman–Crippen LogP) is 10.9. The van der Waals surface area contributed by atoms with Gasteiger partial charge in [-0.2, -0.15) is 0 Å². The Balaban J connectivity index is 1.03. The summed E-state index contributed by atoms with van der Waals surface area (Å²) in [5.74, 6) is 0.724. The number of pyridine rings is 1. The van der Waals surface area contributed by atoms with E-state index in [-0.39, 0.29) is 0 Å². The maximum Gasteiger partial charge on any atom is 0.160 e. The van der Waals surface area contributed by atoms with Crippen molar-refractivity contribution in [3.63, 3.8) is 0 Å². The zero-order valence-electron chi connectivity index (χ0n) is 25.6. The molecule has 0 bridgehead atoms. The fraction of sp³-hybridized carbons (Fsp3) is 0.0227. The number of nitrogens with zero attached hydrogens (tertiary/aromatic N) is 3. The fourth-order valence-corrected chi connectivity index (χ4v) is 6.86. The summed E-state index contributed by atoms with van der Waals surface area (Å²) in [6.07, 6.45) is 2.86. The molecule has 0 radical (unpaired) electrons. The smallest absolute Gasteiger partial charge is 0.160 e. The average Bonchev–Trinajstić information content (AvgIpc) is 3.54. The molecular formula is C44H29N3. The first-order valence-corrected chi connectivity index (χ1v) is 16.0. The monoisotopic (exact) mass is 599 g/mol. The molecule has 2 heterocycles. The first-order valence-electron chi connectivity index (χ1n) is 16.0. The third-order valence-corrected chi connectivity index (χ3v) is 9.19. The van der Waals surface area contributed by atoms with Crippen LogP contribution in [0.1, 0.15) is 11.1 Å². The largest absolute Gasteiger partial charge is 0.256 e. The Labute approximate surface area is 273 Å². The highest BCUT2D eigenvalue weighted by Crippen LogP contribution is 2.41. The molecule has 47 heavy (non-hydrogen) atoms. The van der Waals surface area contributed by atoms with E-state index in [4.69, 9.17) is 15.0 Å². The van der Waals surface area contributed by atoms with Gasteiger partial charge in [-0.05, 0) is 68.8 Å². The SMILES string of the molecule is c1ccc(-c2nc(-c3cccc(-c4ccc(-c5cccc(-c6nccc7c6Cc6ccccc6-7)c5)cc4)c3)nc3ccccc23)cc1. The molecule has 0 saturated carbocycles. The number of hydrogen-bond acceptors (Lipinski definition) is 3. The molecule has 220 valence electrons. The minimum atomic E-state index is 0.724. The van der Waals surface area contributed by atoms with Crippen LogP contribution in [0.25, 0.3) is 78.2 Å². The molecule has 0 spiro atoms. The highest BCUT2D eigenvalue weighted by molar-refractivity contribution is 5.93. The summed E-state index contributed by atoms with van der Waals surface area (Å²) in [6.45, 7) is 0. The Kier molecular flexibility index (Phi) is 6.53. The molecule has 0 aliphatic heterocycles. The number of rotatable bonds is 5. The van der Waals surface area contributed by atoms with E-state index in [1.165, 1.54) is 33.4 Å². The lowest BCUT2D eigenvalue weighted by Crippen LogP contribution is -1.95. The molecule has 0 fully saturated rings. The van der Waals surface area contributed by atoms with Crippen molar-refractivity contribution in [1.82, 2.24) is 15.0 Å². The van der Waals surface area contributed by atoms with Crippen LogP contribution in [0.4, 0.5) is 0 Å². The van der Waals surface area contributed by atoms with Gasteiger partial charge in [0.25, 0.3) is 0 Å². The van der Waals surface area contributed by atoms with Crippen LogP contribution in [0.5, 0.6) is 0 Å². The number of hydrogen-bond donors (Lipinski definition) is 0. The third-order valence-electron chi connectivity index (χ3n) is 9.19. The van der Waals surface area contributed by atoms with Gasteiger partial charge in [-0.1, -0.05) is 133 Å². The summed E-state index contributed by atoms with van der Waals surface area (Å²) in [7, 11) is 0. The molecule has 9 rings (SSSR count). The molecule has 0 saturated heterocycles. The molecule has 0 amide bonds. The van der Waals surface area contributed by atoms with Crippen LogP contribution >= 0.6 is 0 Å². The molecule has 8 aromatic rings. The first kappa shape index (κ1) is 27.1. The van der Waals surface area contributed by atoms with Crippen LogP contribution in [0.2, 0.25) is 0 Å². The fourth-order valence-electron chi connectivity index (χ4n) is 6.86. The number of fused-ring (bicyclic) bond motifs is 4. The quantitative estimate of drug-likeness (QED) is 0.198. The molecule has 0 N–H and O–H groups in total. The highest BCUT2D eigenvalue weighted by atomic mass is 14.9. The average molecular weight is 600 g/mol. The predicted molar refractivity (Wildman–Crippen MR) is 193 cm³/mol. The minimum Gasteiger partial charge on any atom is -0.256 e. The molecule has 0 atom stereocenters. The lowest BCUT2D eigenvalue weighted by molar-refractivity contribution is 1.20. The van der Waals surface area contributed by atoms with Crippen molar-refractivity contribution in [3.8, 4) is 67.3 Å². The summed E-state index contributed by atoms with van der Waals surface area (Å²) in [5, 5.41) is 1.05. The van der Waals surface area contributed by atoms with Crippen LogP contribution in [-0.4, -0.2) is 15.0 Å². The van der Waals surface area contributed by atoms with Crippen LogP contribution in [-0.2, 0) is 6.42 Å². The number of benzene rings is 6. The van der Waals surface area contributed by atoms with Crippen molar-refractivity contribution in [1.29, 1.82) is 0 Å². The molecule has 0 unspecified atom stereocenters. The van der Waals surface area contributed by atoms with Gasteiger partial charge in [-0.15, -0.1) is 0 Å². The van der Waals surface area contributed by atoms with Crippen LogP contribution in [0, 0.1) is 0 Å². The number of para-hydroxylation sites is 1. The first-order chi connectivity index (χ1) is 23.3. The van der Waals surface area contributed by atoms with Gasteiger partial charge in [-0.3, -0.25) is 4.98 Å². The summed E-state index contributed by atoms with van der Waals surface area (Å²) >= 11 is 0. The van der Waals surface area contributed by atoms with E-state index in [9.17, 15) is 0 Å². The zero-order valence-corrected chi connectivity index (χ0v) is 25.6. The molecule has 3 nitrogen and oxygen atoms in total. The van der Waals surface area contributed by atoms with E-state index in [2.05, 4.69) is 140 Å². The van der Waals surface area contributed by atoms with Crippen molar-refractivity contribution in [2.75, 3.05) is 0 Å². The standard InChI is InChI=1S/C44H29N3/c1-2-10-31(11-3-1)43-39-18-6-7-19-41(39)46-44(47-43)36-16-9-14-33(27-36)30-22-20-29(21-23-30)32-13-8-15-35(26-32)42-40-28-34-12-4-5-17-37(34)38(40)24-25-45-42/h1-27H,28H2. The van der Waals surface area contributed by atoms with Crippen molar-refractivity contribution < 1.29 is 0 Å². The third kappa shape index (κ3) is 4.90. The molecule has 1 aliphatic rings. The molecule has 2 aromatic heterocycles. The molecule has 1 aliphatic carbocycles. The minimum absolute atomic E-state index is 0.724. The van der Waals surface area contributed by atoms with E-state index in [1.807, 2.05) is 24.4 Å². The Hall–Kier alpha value is -6.19. The lowest BCUT2D eigenvalue weighted by atomic mass is 9.96. The van der Waals surface area contributed by atoms with Crippen LogP contribution in [0.3, 0.4) is 0 Å². The van der Waals surface area contributed by atoms with Crippen molar-refractivity contribution in [2.45, 2.75) is 6.42 Å². The highest BCUT2D eigenvalue weighted by Gasteiger charge is 2.22. The van der Waals surface area contributed by atoms with E-state index in [0.717, 1.165) is 62.4 Å². The normalized spacial score (nSPS) is 11.7. The second-order valence-corrected chi connectivity index (χ2v) is 12.0. The summed E-state index contributed by atoms with van der Waals surface area (Å²) in [6, 6.07) is 55.5. The van der Waals surface area contributed by atoms with Gasteiger partial charge >= 0.3 is 0 Å².